The maximum Gasteiger partial charge on any atom is 0.256 e. The van der Waals surface area contributed by atoms with E-state index in [1.54, 1.807) is 12.1 Å². The zero-order chi connectivity index (χ0) is 21.8. The first-order valence-corrected chi connectivity index (χ1v) is 10.1. The molecule has 1 amide bonds. The lowest BCUT2D eigenvalue weighted by atomic mass is 10.1. The number of amides is 1. The van der Waals surface area contributed by atoms with Crippen molar-refractivity contribution in [1.29, 1.82) is 0 Å². The molecule has 0 aliphatic rings. The van der Waals surface area contributed by atoms with Gasteiger partial charge in [0.05, 0.1) is 44.9 Å². The van der Waals surface area contributed by atoms with Crippen LogP contribution in [0.4, 0.5) is 5.69 Å². The molecule has 0 atom stereocenters. The summed E-state index contributed by atoms with van der Waals surface area (Å²) >= 11 is 3.44. The van der Waals surface area contributed by atoms with Crippen LogP contribution in [0.1, 0.15) is 27.3 Å². The van der Waals surface area contributed by atoms with Gasteiger partial charge in [0, 0.05) is 10.0 Å². The van der Waals surface area contributed by atoms with Crippen molar-refractivity contribution in [3.63, 3.8) is 0 Å². The molecule has 0 fully saturated rings. The second-order valence-corrected chi connectivity index (χ2v) is 7.61. The van der Waals surface area contributed by atoms with Gasteiger partial charge < -0.3 is 19.5 Å². The molecule has 0 unspecified atom stereocenters. The standard InChI is InChI=1S/C22H24BrN3O4/c1-13-20(14(2)26(25-13)12-15-6-8-17(23)9-7-15)24-22(27)16-10-18(28-3)21(30-5)19(11-16)29-4/h6-11H,12H2,1-5H3,(H,24,27). The molecule has 0 radical (unpaired) electrons. The molecule has 158 valence electrons. The predicted molar refractivity (Wildman–Crippen MR) is 119 cm³/mol. The lowest BCUT2D eigenvalue weighted by molar-refractivity contribution is 0.102. The monoisotopic (exact) mass is 473 g/mol. The molecule has 3 rings (SSSR count). The number of nitrogens with zero attached hydrogens (tertiary/aromatic N) is 2. The van der Waals surface area contributed by atoms with Crippen LogP contribution >= 0.6 is 15.9 Å². The topological polar surface area (TPSA) is 74.6 Å². The van der Waals surface area contributed by atoms with Gasteiger partial charge in [-0.2, -0.15) is 5.10 Å². The maximum absolute atomic E-state index is 13.0. The Balaban J connectivity index is 1.87. The van der Waals surface area contributed by atoms with Gasteiger partial charge in [0.25, 0.3) is 5.91 Å². The Labute approximate surface area is 184 Å². The summed E-state index contributed by atoms with van der Waals surface area (Å²) < 4.78 is 18.9. The molecule has 0 saturated carbocycles. The molecule has 7 nitrogen and oxygen atoms in total. The molecule has 0 aliphatic heterocycles. The average Bonchev–Trinajstić information content (AvgIpc) is 3.01. The van der Waals surface area contributed by atoms with Gasteiger partial charge in [0.2, 0.25) is 5.75 Å². The normalized spacial score (nSPS) is 10.6. The Morgan fingerprint density at radius 1 is 1.03 bits per heavy atom. The third kappa shape index (κ3) is 4.43. The molecule has 2 aromatic carbocycles. The van der Waals surface area contributed by atoms with E-state index in [9.17, 15) is 4.79 Å². The highest BCUT2D eigenvalue weighted by Gasteiger charge is 2.20. The Morgan fingerprint density at radius 2 is 1.63 bits per heavy atom. The number of hydrogen-bond donors (Lipinski definition) is 1. The van der Waals surface area contributed by atoms with Gasteiger partial charge in [-0.1, -0.05) is 28.1 Å². The van der Waals surface area contributed by atoms with Crippen LogP contribution in [-0.4, -0.2) is 37.0 Å². The second-order valence-electron chi connectivity index (χ2n) is 6.70. The number of anilines is 1. The Morgan fingerprint density at radius 3 is 2.17 bits per heavy atom. The summed E-state index contributed by atoms with van der Waals surface area (Å²) in [6.45, 7) is 4.42. The van der Waals surface area contributed by atoms with Crippen LogP contribution in [0.15, 0.2) is 40.9 Å². The van der Waals surface area contributed by atoms with Gasteiger partial charge in [-0.3, -0.25) is 9.48 Å². The van der Waals surface area contributed by atoms with E-state index < -0.39 is 0 Å². The molecule has 0 aliphatic carbocycles. The van der Waals surface area contributed by atoms with E-state index in [1.165, 1.54) is 21.3 Å². The summed E-state index contributed by atoms with van der Waals surface area (Å²) in [7, 11) is 4.55. The fourth-order valence-electron chi connectivity index (χ4n) is 3.19. The number of rotatable bonds is 7. The lowest BCUT2D eigenvalue weighted by Gasteiger charge is -2.14. The first-order valence-electron chi connectivity index (χ1n) is 9.27. The van der Waals surface area contributed by atoms with Crippen molar-refractivity contribution < 1.29 is 19.0 Å². The minimum atomic E-state index is -0.288. The Kier molecular flexibility index (Phi) is 6.66. The van der Waals surface area contributed by atoms with E-state index in [-0.39, 0.29) is 5.91 Å². The number of aryl methyl sites for hydroxylation is 1. The number of methoxy groups -OCH3 is 3. The third-order valence-electron chi connectivity index (χ3n) is 4.79. The summed E-state index contributed by atoms with van der Waals surface area (Å²) in [4.78, 5) is 13.0. The van der Waals surface area contributed by atoms with Crippen molar-refractivity contribution in [2.75, 3.05) is 26.6 Å². The van der Waals surface area contributed by atoms with Crippen LogP contribution in [0, 0.1) is 13.8 Å². The van der Waals surface area contributed by atoms with Crippen molar-refractivity contribution in [2.45, 2.75) is 20.4 Å². The van der Waals surface area contributed by atoms with E-state index >= 15 is 0 Å². The molecule has 1 N–H and O–H groups in total. The van der Waals surface area contributed by atoms with Gasteiger partial charge >= 0.3 is 0 Å². The Hall–Kier alpha value is -3.00. The number of hydrogen-bond acceptors (Lipinski definition) is 5. The lowest BCUT2D eigenvalue weighted by Crippen LogP contribution is -2.14. The quantitative estimate of drug-likeness (QED) is 0.543. The summed E-state index contributed by atoms with van der Waals surface area (Å²) in [5, 5.41) is 7.56. The number of aromatic nitrogens is 2. The smallest absolute Gasteiger partial charge is 0.256 e. The molecule has 0 saturated heterocycles. The number of nitrogens with one attached hydrogen (secondary N) is 1. The van der Waals surface area contributed by atoms with Gasteiger partial charge in [0.1, 0.15) is 0 Å². The van der Waals surface area contributed by atoms with E-state index in [2.05, 4.69) is 26.3 Å². The summed E-state index contributed by atoms with van der Waals surface area (Å²) in [6, 6.07) is 11.3. The van der Waals surface area contributed by atoms with Crippen molar-refractivity contribution >= 4 is 27.5 Å². The van der Waals surface area contributed by atoms with E-state index in [4.69, 9.17) is 14.2 Å². The van der Waals surface area contributed by atoms with Crippen molar-refractivity contribution in [3.8, 4) is 17.2 Å². The van der Waals surface area contributed by atoms with Crippen LogP contribution < -0.4 is 19.5 Å². The SMILES string of the molecule is COc1cc(C(=O)Nc2c(C)nn(Cc3ccc(Br)cc3)c2C)cc(OC)c1OC. The van der Waals surface area contributed by atoms with Crippen molar-refractivity contribution in [3.05, 3.63) is 63.4 Å². The molecule has 1 heterocycles. The number of ether oxygens (including phenoxy) is 3. The fraction of sp³-hybridized carbons (Fsp3) is 0.273. The zero-order valence-electron chi connectivity index (χ0n) is 17.6. The highest BCUT2D eigenvalue weighted by Crippen LogP contribution is 2.38. The highest BCUT2D eigenvalue weighted by atomic mass is 79.9. The summed E-state index contributed by atoms with van der Waals surface area (Å²) in [6.07, 6.45) is 0. The van der Waals surface area contributed by atoms with Crippen LogP contribution in [0.2, 0.25) is 0 Å². The molecular formula is C22H24BrN3O4. The maximum atomic E-state index is 13.0. The first-order chi connectivity index (χ1) is 14.4. The average molecular weight is 474 g/mol. The van der Waals surface area contributed by atoms with E-state index in [0.29, 0.717) is 35.0 Å². The number of benzene rings is 2. The van der Waals surface area contributed by atoms with E-state index in [0.717, 1.165) is 21.4 Å². The molecule has 3 aromatic rings. The van der Waals surface area contributed by atoms with Gasteiger partial charge in [-0.25, -0.2) is 0 Å². The largest absolute Gasteiger partial charge is 0.493 e. The zero-order valence-corrected chi connectivity index (χ0v) is 19.2. The fourth-order valence-corrected chi connectivity index (χ4v) is 3.46. The second kappa shape index (κ2) is 9.21. The van der Waals surface area contributed by atoms with Gasteiger partial charge in [0.15, 0.2) is 11.5 Å². The van der Waals surface area contributed by atoms with Crippen LogP contribution in [0.3, 0.4) is 0 Å². The highest BCUT2D eigenvalue weighted by molar-refractivity contribution is 9.10. The number of carbonyl (C=O) groups is 1. The van der Waals surface area contributed by atoms with Gasteiger partial charge in [-0.05, 0) is 43.7 Å². The molecule has 1 aromatic heterocycles. The third-order valence-corrected chi connectivity index (χ3v) is 5.32. The molecule has 30 heavy (non-hydrogen) atoms. The molecule has 0 spiro atoms. The summed E-state index contributed by atoms with van der Waals surface area (Å²) in [5.74, 6) is 0.984. The van der Waals surface area contributed by atoms with Crippen LogP contribution in [0.25, 0.3) is 0 Å². The summed E-state index contributed by atoms with van der Waals surface area (Å²) in [5.41, 5.74) is 3.81. The van der Waals surface area contributed by atoms with Crippen LogP contribution in [-0.2, 0) is 6.54 Å². The minimum absolute atomic E-state index is 0.288. The first kappa shape index (κ1) is 21.7. The number of carbonyl (C=O) groups excluding carboxylic acids is 1. The molecule has 0 bridgehead atoms. The van der Waals surface area contributed by atoms with Crippen molar-refractivity contribution in [1.82, 2.24) is 9.78 Å². The van der Waals surface area contributed by atoms with E-state index in [1.807, 2.05) is 42.8 Å². The predicted octanol–water partition coefficient (Wildman–Crippen LogP) is 4.59. The molecular weight excluding hydrogens is 450 g/mol. The number of halogens is 1. The Bertz CT molecular complexity index is 1040. The van der Waals surface area contributed by atoms with Crippen molar-refractivity contribution in [2.24, 2.45) is 0 Å². The van der Waals surface area contributed by atoms with Crippen LogP contribution in [0.5, 0.6) is 17.2 Å². The minimum Gasteiger partial charge on any atom is -0.493 e. The molecule has 8 heteroatoms. The van der Waals surface area contributed by atoms with Gasteiger partial charge in [-0.15, -0.1) is 0 Å².